The first-order chi connectivity index (χ1) is 14.2. The zero-order valence-electron chi connectivity index (χ0n) is 17.0. The molecule has 156 valence electrons. The highest BCUT2D eigenvalue weighted by Gasteiger charge is 2.38. The van der Waals surface area contributed by atoms with Gasteiger partial charge in [0.15, 0.2) is 0 Å². The van der Waals surface area contributed by atoms with E-state index in [9.17, 15) is 5.11 Å². The van der Waals surface area contributed by atoms with Crippen molar-refractivity contribution in [1.82, 2.24) is 19.9 Å². The van der Waals surface area contributed by atoms with Crippen molar-refractivity contribution in [3.8, 4) is 0 Å². The van der Waals surface area contributed by atoms with Gasteiger partial charge in [0.25, 0.3) is 0 Å². The highest BCUT2D eigenvalue weighted by Crippen LogP contribution is 2.41. The molecule has 0 unspecified atom stereocenters. The molecule has 0 radical (unpaired) electrons. The molecule has 0 amide bonds. The number of halogens is 1. The number of hydrogen-bond acceptors (Lipinski definition) is 4. The number of rotatable bonds is 5. The van der Waals surface area contributed by atoms with Crippen LogP contribution in [0.5, 0.6) is 0 Å². The summed E-state index contributed by atoms with van der Waals surface area (Å²) in [6.45, 7) is 1.92. The molecule has 1 saturated heterocycles. The Kier molecular flexibility index (Phi) is 5.63. The van der Waals surface area contributed by atoms with E-state index < -0.39 is 6.10 Å². The number of aliphatic hydroxyl groups excluding tert-OH is 1. The molecule has 1 aromatic carbocycles. The lowest BCUT2D eigenvalue weighted by Crippen LogP contribution is -2.47. The van der Waals surface area contributed by atoms with Gasteiger partial charge >= 0.3 is 0 Å². The lowest BCUT2D eigenvalue weighted by Gasteiger charge is -2.44. The van der Waals surface area contributed by atoms with Crippen LogP contribution in [0.1, 0.15) is 80.6 Å². The van der Waals surface area contributed by atoms with E-state index >= 15 is 0 Å². The van der Waals surface area contributed by atoms with Gasteiger partial charge in [0.05, 0.1) is 17.8 Å². The van der Waals surface area contributed by atoms with Gasteiger partial charge in [-0.2, -0.15) is 0 Å². The van der Waals surface area contributed by atoms with Crippen molar-refractivity contribution in [2.75, 3.05) is 13.1 Å². The fourth-order valence-corrected chi connectivity index (χ4v) is 5.36. The fraction of sp³-hybridized carbons (Fsp3) is 0.652. The maximum absolute atomic E-state index is 11.1. The van der Waals surface area contributed by atoms with Crippen LogP contribution in [0.25, 0.3) is 0 Å². The van der Waals surface area contributed by atoms with Crippen molar-refractivity contribution >= 4 is 11.6 Å². The smallest absolute Gasteiger partial charge is 0.0923 e. The standard InChI is InChI=1S/C23H31ClN4O/c24-19-10-8-18(9-11-19)21-12-23(29)22(28-14-20(25-26-28)17-6-7-17)15-27(21)13-16-4-2-1-3-5-16/h8-11,14,16-17,21-23,29H,1-7,12-13,15H2/t21-,22+,23-/m1/s1. The highest BCUT2D eigenvalue weighted by atomic mass is 35.5. The summed E-state index contributed by atoms with van der Waals surface area (Å²) in [4.78, 5) is 2.59. The third-order valence-corrected chi connectivity index (χ3v) is 7.36. The minimum atomic E-state index is -0.424. The number of benzene rings is 1. The van der Waals surface area contributed by atoms with Crippen LogP contribution in [0.2, 0.25) is 5.02 Å². The summed E-state index contributed by atoms with van der Waals surface area (Å²) < 4.78 is 1.93. The van der Waals surface area contributed by atoms with E-state index in [4.69, 9.17) is 11.6 Å². The van der Waals surface area contributed by atoms with E-state index in [1.54, 1.807) is 0 Å². The molecule has 5 rings (SSSR count). The first-order valence-corrected chi connectivity index (χ1v) is 11.6. The minimum Gasteiger partial charge on any atom is -0.391 e. The molecule has 5 nitrogen and oxygen atoms in total. The fourth-order valence-electron chi connectivity index (χ4n) is 5.24. The molecule has 0 bridgehead atoms. The minimum absolute atomic E-state index is 0.0258. The number of nitrogens with zero attached hydrogens (tertiary/aromatic N) is 4. The molecule has 0 spiro atoms. The van der Waals surface area contributed by atoms with E-state index in [1.807, 2.05) is 16.8 Å². The molecule has 1 aliphatic heterocycles. The Morgan fingerprint density at radius 2 is 1.79 bits per heavy atom. The van der Waals surface area contributed by atoms with E-state index in [1.165, 1.54) is 50.5 Å². The van der Waals surface area contributed by atoms with Crippen LogP contribution >= 0.6 is 11.6 Å². The van der Waals surface area contributed by atoms with Gasteiger partial charge in [0, 0.05) is 36.3 Å². The van der Waals surface area contributed by atoms with Crippen LogP contribution in [-0.4, -0.2) is 44.2 Å². The third-order valence-electron chi connectivity index (χ3n) is 7.11. The first kappa shape index (κ1) is 19.5. The van der Waals surface area contributed by atoms with Crippen molar-refractivity contribution in [3.05, 3.63) is 46.7 Å². The first-order valence-electron chi connectivity index (χ1n) is 11.3. The predicted octanol–water partition coefficient (Wildman–Crippen LogP) is 4.74. The van der Waals surface area contributed by atoms with Crippen molar-refractivity contribution in [3.63, 3.8) is 0 Å². The maximum atomic E-state index is 11.1. The van der Waals surface area contributed by atoms with Crippen LogP contribution < -0.4 is 0 Å². The van der Waals surface area contributed by atoms with Gasteiger partial charge < -0.3 is 5.11 Å². The molecule has 3 fully saturated rings. The molecule has 2 heterocycles. The molecular weight excluding hydrogens is 384 g/mol. The Bertz CT molecular complexity index is 813. The van der Waals surface area contributed by atoms with Crippen LogP contribution in [0.15, 0.2) is 30.5 Å². The zero-order valence-corrected chi connectivity index (χ0v) is 17.7. The Morgan fingerprint density at radius 3 is 2.52 bits per heavy atom. The molecule has 2 aromatic rings. The Labute approximate surface area is 178 Å². The normalized spacial score (nSPS) is 29.2. The number of aromatic nitrogens is 3. The Morgan fingerprint density at radius 1 is 1.03 bits per heavy atom. The van der Waals surface area contributed by atoms with Gasteiger partial charge in [-0.25, -0.2) is 4.68 Å². The maximum Gasteiger partial charge on any atom is 0.0923 e. The lowest BCUT2D eigenvalue weighted by molar-refractivity contribution is -0.0154. The van der Waals surface area contributed by atoms with Gasteiger partial charge in [-0.1, -0.05) is 48.2 Å². The Balaban J connectivity index is 1.38. The molecule has 6 heteroatoms. The summed E-state index contributed by atoms with van der Waals surface area (Å²) in [6, 6.07) is 8.37. The SMILES string of the molecule is O[C@@H]1C[C@H](c2ccc(Cl)cc2)N(CC2CCCCC2)C[C@@H]1n1cc(C2CC2)nn1. The zero-order chi connectivity index (χ0) is 19.8. The van der Waals surface area contributed by atoms with Crippen LogP contribution in [0.4, 0.5) is 0 Å². The second-order valence-corrected chi connectivity index (χ2v) is 9.73. The van der Waals surface area contributed by atoms with Crippen LogP contribution in [-0.2, 0) is 0 Å². The Hall–Kier alpha value is -1.43. The van der Waals surface area contributed by atoms with Gasteiger partial charge in [-0.15, -0.1) is 5.10 Å². The lowest BCUT2D eigenvalue weighted by atomic mass is 9.85. The third kappa shape index (κ3) is 4.37. The monoisotopic (exact) mass is 414 g/mol. The predicted molar refractivity (Wildman–Crippen MR) is 114 cm³/mol. The van der Waals surface area contributed by atoms with E-state index in [2.05, 4.69) is 33.5 Å². The summed E-state index contributed by atoms with van der Waals surface area (Å²) in [5.74, 6) is 1.34. The van der Waals surface area contributed by atoms with Gasteiger partial charge in [-0.3, -0.25) is 4.90 Å². The molecule has 29 heavy (non-hydrogen) atoms. The molecule has 2 aliphatic carbocycles. The highest BCUT2D eigenvalue weighted by molar-refractivity contribution is 6.30. The molecule has 2 saturated carbocycles. The molecule has 3 atom stereocenters. The van der Waals surface area contributed by atoms with E-state index in [-0.39, 0.29) is 12.1 Å². The summed E-state index contributed by atoms with van der Waals surface area (Å²) in [6.07, 6.45) is 11.5. The number of hydrogen-bond donors (Lipinski definition) is 1. The van der Waals surface area contributed by atoms with Crippen molar-refractivity contribution in [2.45, 2.75) is 75.5 Å². The van der Waals surface area contributed by atoms with Gasteiger partial charge in [0.1, 0.15) is 0 Å². The average molecular weight is 415 g/mol. The van der Waals surface area contributed by atoms with Crippen LogP contribution in [0.3, 0.4) is 0 Å². The summed E-state index contributed by atoms with van der Waals surface area (Å²) in [5, 5.41) is 20.6. The quantitative estimate of drug-likeness (QED) is 0.767. The van der Waals surface area contributed by atoms with Gasteiger partial charge in [-0.05, 0) is 55.7 Å². The second kappa shape index (κ2) is 8.37. The number of aliphatic hydroxyl groups is 1. The van der Waals surface area contributed by atoms with Crippen LogP contribution in [0, 0.1) is 5.92 Å². The summed E-state index contributed by atoms with van der Waals surface area (Å²) in [7, 11) is 0. The molecule has 1 aromatic heterocycles. The molecule has 3 aliphatic rings. The van der Waals surface area contributed by atoms with Crippen molar-refractivity contribution in [2.24, 2.45) is 5.92 Å². The number of likely N-dealkylation sites (tertiary alicyclic amines) is 1. The van der Waals surface area contributed by atoms with E-state index in [0.29, 0.717) is 5.92 Å². The summed E-state index contributed by atoms with van der Waals surface area (Å²) in [5.41, 5.74) is 2.34. The van der Waals surface area contributed by atoms with E-state index in [0.717, 1.165) is 36.1 Å². The molecular formula is C23H31ClN4O. The summed E-state index contributed by atoms with van der Waals surface area (Å²) >= 11 is 6.13. The largest absolute Gasteiger partial charge is 0.391 e. The number of piperidine rings is 1. The van der Waals surface area contributed by atoms with Gasteiger partial charge in [0.2, 0.25) is 0 Å². The van der Waals surface area contributed by atoms with Crippen molar-refractivity contribution < 1.29 is 5.11 Å². The average Bonchev–Trinajstić information content (AvgIpc) is 3.48. The molecule has 1 N–H and O–H groups in total. The topological polar surface area (TPSA) is 54.2 Å². The second-order valence-electron chi connectivity index (χ2n) is 9.29. The van der Waals surface area contributed by atoms with Crippen molar-refractivity contribution in [1.29, 1.82) is 0 Å².